The highest BCUT2D eigenvalue weighted by atomic mass is 16.6. The number of ether oxygens (including phenoxy) is 3. The predicted molar refractivity (Wildman–Crippen MR) is 75.6 cm³/mol. The Morgan fingerprint density at radius 1 is 0.905 bits per heavy atom. The third-order valence-corrected chi connectivity index (χ3v) is 2.66. The zero-order chi connectivity index (χ0) is 16.3. The van der Waals surface area contributed by atoms with Crippen LogP contribution in [-0.4, -0.2) is 44.4 Å². The molecule has 0 spiro atoms. The molecule has 0 aliphatic rings. The van der Waals surface area contributed by atoms with Gasteiger partial charge in [-0.1, -0.05) is 27.7 Å². The summed E-state index contributed by atoms with van der Waals surface area (Å²) in [4.78, 5) is 33.7. The molecule has 0 heterocycles. The van der Waals surface area contributed by atoms with E-state index in [1.54, 1.807) is 20.8 Å². The van der Waals surface area contributed by atoms with Crippen LogP contribution in [0.3, 0.4) is 0 Å². The van der Waals surface area contributed by atoms with Crippen LogP contribution in [0.1, 0.15) is 34.1 Å². The number of nitrogens with one attached hydrogen (secondary N) is 1. The van der Waals surface area contributed by atoms with Crippen LogP contribution in [0.15, 0.2) is 0 Å². The maximum absolute atomic E-state index is 11.3. The molecular weight excluding hydrogens is 278 g/mol. The number of hydrogen-bond acceptors (Lipinski definition) is 6. The first-order chi connectivity index (χ1) is 9.88. The summed E-state index contributed by atoms with van der Waals surface area (Å²) in [7, 11) is 0. The Morgan fingerprint density at radius 3 is 2.05 bits per heavy atom. The van der Waals surface area contributed by atoms with Gasteiger partial charge in [-0.2, -0.15) is 0 Å². The zero-order valence-corrected chi connectivity index (χ0v) is 13.1. The Hall–Kier alpha value is -1.79. The van der Waals surface area contributed by atoms with E-state index in [-0.39, 0.29) is 50.1 Å². The third-order valence-electron chi connectivity index (χ3n) is 2.66. The van der Waals surface area contributed by atoms with Gasteiger partial charge < -0.3 is 19.5 Å². The number of carbonyl (C=O) groups is 3. The van der Waals surface area contributed by atoms with Crippen LogP contribution < -0.4 is 5.32 Å². The summed E-state index contributed by atoms with van der Waals surface area (Å²) in [5.41, 5.74) is 0. The monoisotopic (exact) mass is 303 g/mol. The van der Waals surface area contributed by atoms with Crippen molar-refractivity contribution in [2.75, 3.05) is 26.4 Å². The SMILES string of the molecule is CCC(C)C(=O)OCCOC(=O)NCCOC(=O)C(C)C. The van der Waals surface area contributed by atoms with Crippen LogP contribution in [0.4, 0.5) is 4.79 Å². The molecule has 0 bridgehead atoms. The van der Waals surface area contributed by atoms with Gasteiger partial charge in [0.1, 0.15) is 19.8 Å². The van der Waals surface area contributed by atoms with Gasteiger partial charge in [0.15, 0.2) is 0 Å². The van der Waals surface area contributed by atoms with E-state index in [2.05, 4.69) is 5.32 Å². The Labute approximate surface area is 125 Å². The molecule has 0 aromatic heterocycles. The molecule has 7 nitrogen and oxygen atoms in total. The second kappa shape index (κ2) is 10.9. The maximum atomic E-state index is 11.3. The first kappa shape index (κ1) is 19.2. The largest absolute Gasteiger partial charge is 0.464 e. The van der Waals surface area contributed by atoms with Gasteiger partial charge in [0, 0.05) is 0 Å². The van der Waals surface area contributed by atoms with E-state index in [1.165, 1.54) is 0 Å². The van der Waals surface area contributed by atoms with Crippen LogP contribution in [0.5, 0.6) is 0 Å². The fourth-order valence-corrected chi connectivity index (χ4v) is 1.11. The van der Waals surface area contributed by atoms with Crippen molar-refractivity contribution in [2.45, 2.75) is 34.1 Å². The highest BCUT2D eigenvalue weighted by Crippen LogP contribution is 2.02. The maximum Gasteiger partial charge on any atom is 0.407 e. The standard InChI is InChI=1S/C14H25NO6/c1-5-11(4)13(17)20-8-9-21-14(18)15-6-7-19-12(16)10(2)3/h10-11H,5-9H2,1-4H3,(H,15,18). The number of hydrogen-bond donors (Lipinski definition) is 1. The smallest absolute Gasteiger partial charge is 0.407 e. The predicted octanol–water partition coefficient (Wildman–Crippen LogP) is 1.50. The van der Waals surface area contributed by atoms with Gasteiger partial charge in [-0.05, 0) is 6.42 Å². The average Bonchev–Trinajstić information content (AvgIpc) is 2.46. The summed E-state index contributed by atoms with van der Waals surface area (Å²) >= 11 is 0. The average molecular weight is 303 g/mol. The van der Waals surface area contributed by atoms with Crippen LogP contribution in [0.25, 0.3) is 0 Å². The minimum atomic E-state index is -0.643. The van der Waals surface area contributed by atoms with Crippen molar-refractivity contribution < 1.29 is 28.6 Å². The summed E-state index contributed by atoms with van der Waals surface area (Å²) in [6.45, 7) is 7.39. The van der Waals surface area contributed by atoms with Crippen molar-refractivity contribution in [3.8, 4) is 0 Å². The van der Waals surface area contributed by atoms with E-state index in [1.807, 2.05) is 6.92 Å². The number of esters is 2. The number of alkyl carbamates (subject to hydrolysis) is 1. The molecule has 7 heteroatoms. The lowest BCUT2D eigenvalue weighted by molar-refractivity contribution is -0.149. The van der Waals surface area contributed by atoms with Crippen molar-refractivity contribution in [3.63, 3.8) is 0 Å². The Morgan fingerprint density at radius 2 is 1.48 bits per heavy atom. The van der Waals surface area contributed by atoms with Crippen LogP contribution in [-0.2, 0) is 23.8 Å². The quantitative estimate of drug-likeness (QED) is 0.394. The van der Waals surface area contributed by atoms with Crippen LogP contribution >= 0.6 is 0 Å². The molecule has 0 aliphatic carbocycles. The van der Waals surface area contributed by atoms with Crippen molar-refractivity contribution in [1.29, 1.82) is 0 Å². The highest BCUT2D eigenvalue weighted by molar-refractivity contribution is 5.72. The first-order valence-electron chi connectivity index (χ1n) is 7.12. The van der Waals surface area contributed by atoms with Gasteiger partial charge in [0.25, 0.3) is 0 Å². The molecule has 0 fully saturated rings. The molecule has 1 unspecified atom stereocenters. The van der Waals surface area contributed by atoms with E-state index in [0.29, 0.717) is 6.42 Å². The zero-order valence-electron chi connectivity index (χ0n) is 13.1. The molecule has 0 aliphatic heterocycles. The van der Waals surface area contributed by atoms with Crippen molar-refractivity contribution in [3.05, 3.63) is 0 Å². The minimum absolute atomic E-state index is 0.0141. The molecule has 0 radical (unpaired) electrons. The number of carbonyl (C=O) groups excluding carboxylic acids is 3. The Kier molecular flexibility index (Phi) is 10.0. The molecule has 0 aromatic carbocycles. The molecular formula is C14H25NO6. The Balaban J connectivity index is 3.55. The lowest BCUT2D eigenvalue weighted by atomic mass is 10.1. The van der Waals surface area contributed by atoms with E-state index in [0.717, 1.165) is 0 Å². The first-order valence-corrected chi connectivity index (χ1v) is 7.12. The van der Waals surface area contributed by atoms with Gasteiger partial charge in [-0.15, -0.1) is 0 Å². The van der Waals surface area contributed by atoms with Crippen molar-refractivity contribution in [1.82, 2.24) is 5.32 Å². The minimum Gasteiger partial charge on any atom is -0.464 e. The van der Waals surface area contributed by atoms with Gasteiger partial charge in [-0.25, -0.2) is 4.79 Å². The number of rotatable bonds is 9. The fraction of sp³-hybridized carbons (Fsp3) is 0.786. The Bertz CT molecular complexity index is 342. The summed E-state index contributed by atoms with van der Waals surface area (Å²) in [6.07, 6.45) is 0.0603. The van der Waals surface area contributed by atoms with Gasteiger partial charge >= 0.3 is 18.0 Å². The lowest BCUT2D eigenvalue weighted by Gasteiger charge is -2.10. The van der Waals surface area contributed by atoms with Crippen LogP contribution in [0, 0.1) is 11.8 Å². The summed E-state index contributed by atoms with van der Waals surface area (Å²) < 4.78 is 14.6. The second-order valence-electron chi connectivity index (χ2n) is 4.86. The van der Waals surface area contributed by atoms with E-state index in [4.69, 9.17) is 14.2 Å². The fourth-order valence-electron chi connectivity index (χ4n) is 1.11. The second-order valence-corrected chi connectivity index (χ2v) is 4.86. The van der Waals surface area contributed by atoms with Crippen LogP contribution in [0.2, 0.25) is 0 Å². The van der Waals surface area contributed by atoms with Crippen molar-refractivity contribution >= 4 is 18.0 Å². The molecule has 0 saturated carbocycles. The molecule has 0 aromatic rings. The topological polar surface area (TPSA) is 90.9 Å². The molecule has 21 heavy (non-hydrogen) atoms. The lowest BCUT2D eigenvalue weighted by Crippen LogP contribution is -2.30. The summed E-state index contributed by atoms with van der Waals surface area (Å²) in [6, 6.07) is 0. The molecule has 1 amide bonds. The van der Waals surface area contributed by atoms with Crippen molar-refractivity contribution in [2.24, 2.45) is 11.8 Å². The van der Waals surface area contributed by atoms with E-state index >= 15 is 0 Å². The summed E-state index contributed by atoms with van der Waals surface area (Å²) in [5.74, 6) is -0.976. The van der Waals surface area contributed by atoms with Gasteiger partial charge in [-0.3, -0.25) is 9.59 Å². The van der Waals surface area contributed by atoms with Gasteiger partial charge in [0.05, 0.1) is 18.4 Å². The molecule has 1 N–H and O–H groups in total. The third kappa shape index (κ3) is 9.70. The molecule has 0 saturated heterocycles. The molecule has 122 valence electrons. The highest BCUT2D eigenvalue weighted by Gasteiger charge is 2.12. The molecule has 0 rings (SSSR count). The summed E-state index contributed by atoms with van der Waals surface area (Å²) in [5, 5.41) is 2.42. The van der Waals surface area contributed by atoms with E-state index < -0.39 is 6.09 Å². The van der Waals surface area contributed by atoms with E-state index in [9.17, 15) is 14.4 Å². The normalized spacial score (nSPS) is 11.7. The molecule has 1 atom stereocenters. The number of amides is 1. The van der Waals surface area contributed by atoms with Gasteiger partial charge in [0.2, 0.25) is 0 Å².